The van der Waals surface area contributed by atoms with E-state index in [1.807, 2.05) is 30.9 Å². The fraction of sp³-hybridized carbons (Fsp3) is 0.143. The molecular formula is C28H23N7S. The third-order valence-corrected chi connectivity index (χ3v) is 7.68. The highest BCUT2D eigenvalue weighted by Gasteiger charge is 2.21. The molecule has 1 fully saturated rings. The summed E-state index contributed by atoms with van der Waals surface area (Å²) >= 11 is 1.67. The van der Waals surface area contributed by atoms with Crippen LogP contribution < -0.4 is 5.32 Å². The Morgan fingerprint density at radius 3 is 2.75 bits per heavy atom. The SMILES string of the molecule is C=C(Nc1cncc(-c2cnc3n[nH]c(-c4cc5c(-c6ccsc6)nccc5[nH]4)c3c2)c1)C1CCC1. The minimum absolute atomic E-state index is 0.562. The molecule has 1 aliphatic carbocycles. The zero-order chi connectivity index (χ0) is 24.1. The number of thiophene rings is 1. The fourth-order valence-electron chi connectivity index (χ4n) is 4.79. The molecule has 3 N–H and O–H groups in total. The molecule has 6 aromatic rings. The highest BCUT2D eigenvalue weighted by Crippen LogP contribution is 2.35. The zero-order valence-corrected chi connectivity index (χ0v) is 20.3. The van der Waals surface area contributed by atoms with Gasteiger partial charge in [0.25, 0.3) is 0 Å². The minimum Gasteiger partial charge on any atom is -0.358 e. The summed E-state index contributed by atoms with van der Waals surface area (Å²) < 4.78 is 0. The van der Waals surface area contributed by atoms with Crippen LogP contribution in [0, 0.1) is 5.92 Å². The van der Waals surface area contributed by atoms with Gasteiger partial charge in [-0.3, -0.25) is 15.1 Å². The second-order valence-corrected chi connectivity index (χ2v) is 10.0. The van der Waals surface area contributed by atoms with Crippen LogP contribution in [0.25, 0.3) is 55.7 Å². The second-order valence-electron chi connectivity index (χ2n) is 9.25. The normalized spacial score (nSPS) is 13.8. The average Bonchev–Trinajstić information content (AvgIpc) is 3.61. The van der Waals surface area contributed by atoms with Crippen molar-refractivity contribution in [2.45, 2.75) is 19.3 Å². The molecule has 7 rings (SSSR count). The van der Waals surface area contributed by atoms with E-state index >= 15 is 0 Å². The minimum atomic E-state index is 0.562. The van der Waals surface area contributed by atoms with Gasteiger partial charge in [0.2, 0.25) is 0 Å². The van der Waals surface area contributed by atoms with Gasteiger partial charge in [-0.25, -0.2) is 4.98 Å². The molecule has 0 amide bonds. The van der Waals surface area contributed by atoms with Crippen LogP contribution in [-0.2, 0) is 0 Å². The van der Waals surface area contributed by atoms with Gasteiger partial charge in [0.1, 0.15) is 0 Å². The lowest BCUT2D eigenvalue weighted by atomic mass is 9.83. The van der Waals surface area contributed by atoms with Crippen LogP contribution in [0.2, 0.25) is 0 Å². The Kier molecular flexibility index (Phi) is 4.92. The van der Waals surface area contributed by atoms with Crippen molar-refractivity contribution in [2.75, 3.05) is 5.32 Å². The van der Waals surface area contributed by atoms with Crippen molar-refractivity contribution in [3.05, 3.63) is 78.2 Å². The van der Waals surface area contributed by atoms with E-state index in [1.54, 1.807) is 11.3 Å². The van der Waals surface area contributed by atoms with Crippen molar-refractivity contribution >= 4 is 39.0 Å². The van der Waals surface area contributed by atoms with Gasteiger partial charge in [0.05, 0.1) is 29.0 Å². The lowest BCUT2D eigenvalue weighted by molar-refractivity contribution is 0.371. The van der Waals surface area contributed by atoms with Crippen LogP contribution in [0.1, 0.15) is 19.3 Å². The van der Waals surface area contributed by atoms with E-state index in [-0.39, 0.29) is 0 Å². The number of H-pyrrole nitrogens is 2. The number of aromatic nitrogens is 6. The van der Waals surface area contributed by atoms with Gasteiger partial charge in [0, 0.05) is 62.6 Å². The number of anilines is 1. The van der Waals surface area contributed by atoms with E-state index < -0.39 is 0 Å². The van der Waals surface area contributed by atoms with Gasteiger partial charge in [-0.15, -0.1) is 0 Å². The van der Waals surface area contributed by atoms with E-state index in [2.05, 4.69) is 77.1 Å². The number of nitrogens with zero attached hydrogens (tertiary/aromatic N) is 4. The molecule has 176 valence electrons. The van der Waals surface area contributed by atoms with Crippen molar-refractivity contribution in [2.24, 2.45) is 5.92 Å². The number of allylic oxidation sites excluding steroid dienone is 1. The maximum Gasteiger partial charge on any atom is 0.181 e. The Labute approximate surface area is 211 Å². The molecule has 6 heterocycles. The molecule has 8 heteroatoms. The number of nitrogens with one attached hydrogen (secondary N) is 3. The summed E-state index contributed by atoms with van der Waals surface area (Å²) in [6.45, 7) is 4.22. The summed E-state index contributed by atoms with van der Waals surface area (Å²) in [6, 6.07) is 10.4. The predicted octanol–water partition coefficient (Wildman–Crippen LogP) is 7.02. The summed E-state index contributed by atoms with van der Waals surface area (Å²) in [4.78, 5) is 17.3. The summed E-state index contributed by atoms with van der Waals surface area (Å²) in [5.74, 6) is 0.562. The molecule has 0 saturated heterocycles. The zero-order valence-electron chi connectivity index (χ0n) is 19.5. The first-order valence-electron chi connectivity index (χ1n) is 12.0. The molecule has 0 atom stereocenters. The van der Waals surface area contributed by atoms with E-state index in [4.69, 9.17) is 0 Å². The molecule has 0 radical (unpaired) electrons. The van der Waals surface area contributed by atoms with E-state index in [0.717, 1.165) is 61.4 Å². The van der Waals surface area contributed by atoms with E-state index in [9.17, 15) is 0 Å². The first-order valence-corrected chi connectivity index (χ1v) is 12.9. The van der Waals surface area contributed by atoms with Gasteiger partial charge in [0.15, 0.2) is 5.65 Å². The molecule has 0 unspecified atom stereocenters. The molecule has 36 heavy (non-hydrogen) atoms. The Bertz CT molecular complexity index is 1720. The van der Waals surface area contributed by atoms with Gasteiger partial charge in [-0.05, 0) is 54.5 Å². The highest BCUT2D eigenvalue weighted by molar-refractivity contribution is 7.08. The predicted molar refractivity (Wildman–Crippen MR) is 146 cm³/mol. The number of hydrogen-bond acceptors (Lipinski definition) is 6. The summed E-state index contributed by atoms with van der Waals surface area (Å²) in [7, 11) is 0. The largest absolute Gasteiger partial charge is 0.358 e. The Morgan fingerprint density at radius 2 is 1.92 bits per heavy atom. The lowest BCUT2D eigenvalue weighted by Gasteiger charge is -2.28. The Morgan fingerprint density at radius 1 is 1.00 bits per heavy atom. The molecular weight excluding hydrogens is 466 g/mol. The van der Waals surface area contributed by atoms with Crippen LogP contribution in [0.15, 0.2) is 78.2 Å². The third-order valence-electron chi connectivity index (χ3n) is 7.00. The molecule has 0 spiro atoms. The Hall–Kier alpha value is -4.30. The van der Waals surface area contributed by atoms with Gasteiger partial charge < -0.3 is 10.3 Å². The standard InChI is InChI=1S/C28H23N7S/c1-16(17-3-2-4-17)32-21-9-19(12-29-14-21)20-10-23-27(34-35-28(23)31-13-20)25-11-22-24(33-25)5-7-30-26(22)18-6-8-36-15-18/h5-15,17,32-33H,1-4H2,(H,31,34,35). The fourth-order valence-corrected chi connectivity index (χ4v) is 5.43. The number of aromatic amines is 2. The quantitative estimate of drug-likeness (QED) is 0.234. The van der Waals surface area contributed by atoms with Crippen LogP contribution in [0.5, 0.6) is 0 Å². The maximum absolute atomic E-state index is 4.64. The van der Waals surface area contributed by atoms with Crippen molar-refractivity contribution in [1.82, 2.24) is 30.1 Å². The van der Waals surface area contributed by atoms with Crippen LogP contribution >= 0.6 is 11.3 Å². The van der Waals surface area contributed by atoms with Crippen molar-refractivity contribution in [1.29, 1.82) is 0 Å². The molecule has 7 nitrogen and oxygen atoms in total. The van der Waals surface area contributed by atoms with Crippen LogP contribution in [-0.4, -0.2) is 30.1 Å². The second kappa shape index (κ2) is 8.42. The highest BCUT2D eigenvalue weighted by atomic mass is 32.1. The third kappa shape index (κ3) is 3.58. The molecule has 1 saturated carbocycles. The van der Waals surface area contributed by atoms with Crippen molar-refractivity contribution in [3.8, 4) is 33.8 Å². The van der Waals surface area contributed by atoms with E-state index in [0.29, 0.717) is 11.6 Å². The maximum atomic E-state index is 4.64. The molecule has 6 aromatic heterocycles. The molecule has 1 aliphatic rings. The molecule has 0 aromatic carbocycles. The van der Waals surface area contributed by atoms with E-state index in [1.165, 1.54) is 19.3 Å². The van der Waals surface area contributed by atoms with Gasteiger partial charge >= 0.3 is 0 Å². The lowest BCUT2D eigenvalue weighted by Crippen LogP contribution is -2.18. The number of hydrogen-bond donors (Lipinski definition) is 3. The smallest absolute Gasteiger partial charge is 0.181 e. The first-order chi connectivity index (χ1) is 17.7. The Balaban J connectivity index is 1.26. The number of rotatable bonds is 6. The molecule has 0 bridgehead atoms. The average molecular weight is 490 g/mol. The number of fused-ring (bicyclic) bond motifs is 2. The number of pyridine rings is 3. The molecule has 0 aliphatic heterocycles. The first kappa shape index (κ1) is 21.0. The van der Waals surface area contributed by atoms with Crippen molar-refractivity contribution in [3.63, 3.8) is 0 Å². The summed E-state index contributed by atoms with van der Waals surface area (Å²) in [5, 5.41) is 17.3. The topological polar surface area (TPSA) is 95.2 Å². The van der Waals surface area contributed by atoms with Gasteiger partial charge in [-0.2, -0.15) is 16.4 Å². The monoisotopic (exact) mass is 489 g/mol. The summed E-state index contributed by atoms with van der Waals surface area (Å²) in [6.07, 6.45) is 11.1. The van der Waals surface area contributed by atoms with Crippen LogP contribution in [0.4, 0.5) is 5.69 Å². The van der Waals surface area contributed by atoms with Gasteiger partial charge in [-0.1, -0.05) is 13.0 Å². The van der Waals surface area contributed by atoms with Crippen molar-refractivity contribution < 1.29 is 0 Å². The van der Waals surface area contributed by atoms with Crippen LogP contribution in [0.3, 0.4) is 0 Å². The summed E-state index contributed by atoms with van der Waals surface area (Å²) in [5.41, 5.74) is 9.62.